The van der Waals surface area contributed by atoms with Crippen LogP contribution in [0.15, 0.2) is 12.1 Å². The summed E-state index contributed by atoms with van der Waals surface area (Å²) in [5.74, 6) is 4.89. The number of carbonyl (C=O) groups excluding carboxylic acids is 1. The summed E-state index contributed by atoms with van der Waals surface area (Å²) in [7, 11) is 0. The minimum atomic E-state index is -0.524. The van der Waals surface area contributed by atoms with Crippen LogP contribution in [0, 0.1) is 22.7 Å². The van der Waals surface area contributed by atoms with Gasteiger partial charge in [0.1, 0.15) is 13.1 Å². The molecular formula is C9H9N7O. The first-order valence-electron chi connectivity index (χ1n) is 4.56. The molecule has 0 bridgehead atoms. The zero-order valence-electron chi connectivity index (χ0n) is 8.79. The minimum absolute atomic E-state index is 0.0505. The van der Waals surface area contributed by atoms with Gasteiger partial charge < -0.3 is 10.3 Å². The van der Waals surface area contributed by atoms with Crippen molar-refractivity contribution in [3.05, 3.63) is 17.8 Å². The van der Waals surface area contributed by atoms with Crippen LogP contribution in [0.1, 0.15) is 10.5 Å². The van der Waals surface area contributed by atoms with Gasteiger partial charge in [0.2, 0.25) is 0 Å². The predicted octanol–water partition coefficient (Wildman–Crippen LogP) is -0.748. The van der Waals surface area contributed by atoms with Crippen LogP contribution in [-0.2, 0) is 0 Å². The standard InChI is InChI=1S/C9H9N7O/c10-3-5-16(6-4-11)9(17)7-1-2-8(13-12)15-14-7/h1-2H,5-6,12H2,(H,13,15). The first-order chi connectivity index (χ1) is 8.22. The molecule has 1 aromatic rings. The summed E-state index contributed by atoms with van der Waals surface area (Å²) in [6, 6.07) is 6.48. The maximum atomic E-state index is 11.8. The molecule has 1 amide bonds. The summed E-state index contributed by atoms with van der Waals surface area (Å²) in [6.07, 6.45) is 0. The molecule has 0 atom stereocenters. The largest absolute Gasteiger partial charge is 0.311 e. The molecule has 0 saturated heterocycles. The number of nitrogen functional groups attached to an aromatic ring is 1. The number of rotatable bonds is 4. The van der Waals surface area contributed by atoms with E-state index < -0.39 is 5.91 Å². The summed E-state index contributed by atoms with van der Waals surface area (Å²) in [6.45, 7) is -0.351. The Balaban J connectivity index is 2.86. The molecule has 0 aromatic carbocycles. The quantitative estimate of drug-likeness (QED) is 0.396. The highest BCUT2D eigenvalue weighted by atomic mass is 16.2. The van der Waals surface area contributed by atoms with Gasteiger partial charge in [-0.05, 0) is 12.1 Å². The maximum absolute atomic E-state index is 11.8. The fourth-order valence-electron chi connectivity index (χ4n) is 1.06. The number of nitrogens with two attached hydrogens (primary N) is 1. The number of amides is 1. The van der Waals surface area contributed by atoms with Crippen molar-refractivity contribution in [3.8, 4) is 12.1 Å². The van der Waals surface area contributed by atoms with Gasteiger partial charge in [-0.3, -0.25) is 4.79 Å². The molecule has 0 saturated carbocycles. The Bertz CT molecular complexity index is 454. The van der Waals surface area contributed by atoms with Gasteiger partial charge in [-0.1, -0.05) is 0 Å². The van der Waals surface area contributed by atoms with Gasteiger partial charge in [0.05, 0.1) is 12.1 Å². The van der Waals surface area contributed by atoms with E-state index in [1.54, 1.807) is 12.1 Å². The maximum Gasteiger partial charge on any atom is 0.276 e. The molecule has 8 nitrogen and oxygen atoms in total. The Morgan fingerprint density at radius 2 is 2.00 bits per heavy atom. The minimum Gasteiger partial charge on any atom is -0.311 e. The lowest BCUT2D eigenvalue weighted by Crippen LogP contribution is -2.32. The number of nitrogens with zero attached hydrogens (tertiary/aromatic N) is 5. The van der Waals surface area contributed by atoms with Crippen molar-refractivity contribution in [2.75, 3.05) is 18.5 Å². The fraction of sp³-hybridized carbons (Fsp3) is 0.222. The molecule has 0 unspecified atom stereocenters. The third-order valence-corrected chi connectivity index (χ3v) is 1.84. The molecule has 1 rings (SSSR count). The van der Waals surface area contributed by atoms with Gasteiger partial charge in [-0.2, -0.15) is 10.5 Å². The lowest BCUT2D eigenvalue weighted by Gasteiger charge is -2.14. The highest BCUT2D eigenvalue weighted by Crippen LogP contribution is 2.03. The Hall–Kier alpha value is -2.71. The molecule has 0 fully saturated rings. The van der Waals surface area contributed by atoms with Crippen molar-refractivity contribution < 1.29 is 4.79 Å². The van der Waals surface area contributed by atoms with E-state index in [1.807, 2.05) is 0 Å². The molecule has 0 aliphatic rings. The Kier molecular flexibility index (Phi) is 4.36. The topological polar surface area (TPSA) is 132 Å². The molecule has 8 heteroatoms. The number of anilines is 1. The molecule has 0 aliphatic heterocycles. The fourth-order valence-corrected chi connectivity index (χ4v) is 1.06. The van der Waals surface area contributed by atoms with Crippen molar-refractivity contribution in [2.24, 2.45) is 5.84 Å². The number of nitrogens with one attached hydrogen (secondary N) is 1. The predicted molar refractivity (Wildman–Crippen MR) is 57.0 cm³/mol. The summed E-state index contributed by atoms with van der Waals surface area (Å²) < 4.78 is 0. The summed E-state index contributed by atoms with van der Waals surface area (Å²) in [5.41, 5.74) is 2.32. The van der Waals surface area contributed by atoms with Crippen LogP contribution in [0.4, 0.5) is 5.82 Å². The molecule has 0 spiro atoms. The first-order valence-corrected chi connectivity index (χ1v) is 4.56. The normalized spacial score (nSPS) is 8.88. The van der Waals surface area contributed by atoms with Crippen molar-refractivity contribution in [1.29, 1.82) is 10.5 Å². The summed E-state index contributed by atoms with van der Waals surface area (Å²) >= 11 is 0. The van der Waals surface area contributed by atoms with E-state index in [0.29, 0.717) is 5.82 Å². The first kappa shape index (κ1) is 12.4. The Morgan fingerprint density at radius 1 is 1.35 bits per heavy atom. The number of hydrogen-bond acceptors (Lipinski definition) is 7. The number of hydrazine groups is 1. The number of aromatic nitrogens is 2. The van der Waals surface area contributed by atoms with Crippen LogP contribution in [0.3, 0.4) is 0 Å². The van der Waals surface area contributed by atoms with E-state index in [2.05, 4.69) is 15.6 Å². The van der Waals surface area contributed by atoms with E-state index in [1.165, 1.54) is 12.1 Å². The third-order valence-electron chi connectivity index (χ3n) is 1.84. The second-order valence-corrected chi connectivity index (χ2v) is 2.93. The number of carbonyl (C=O) groups is 1. The average molecular weight is 231 g/mol. The van der Waals surface area contributed by atoms with E-state index in [4.69, 9.17) is 16.4 Å². The smallest absolute Gasteiger partial charge is 0.276 e. The SMILES string of the molecule is N#CCN(CC#N)C(=O)c1ccc(NN)nn1. The second kappa shape index (κ2) is 6.00. The highest BCUT2D eigenvalue weighted by molar-refractivity contribution is 5.92. The van der Waals surface area contributed by atoms with Crippen LogP contribution in [0.2, 0.25) is 0 Å². The van der Waals surface area contributed by atoms with Crippen molar-refractivity contribution in [2.45, 2.75) is 0 Å². The Labute approximate surface area is 97.2 Å². The van der Waals surface area contributed by atoms with Crippen molar-refractivity contribution >= 4 is 11.7 Å². The lowest BCUT2D eigenvalue weighted by atomic mass is 10.3. The van der Waals surface area contributed by atoms with Gasteiger partial charge in [0, 0.05) is 0 Å². The van der Waals surface area contributed by atoms with Crippen LogP contribution in [0.25, 0.3) is 0 Å². The zero-order valence-corrected chi connectivity index (χ0v) is 8.79. The van der Waals surface area contributed by atoms with Gasteiger partial charge in [-0.15, -0.1) is 10.2 Å². The molecule has 3 N–H and O–H groups in total. The molecular weight excluding hydrogens is 222 g/mol. The van der Waals surface area contributed by atoms with Crippen molar-refractivity contribution in [3.63, 3.8) is 0 Å². The van der Waals surface area contributed by atoms with E-state index in [-0.39, 0.29) is 18.8 Å². The summed E-state index contributed by atoms with van der Waals surface area (Å²) in [4.78, 5) is 12.9. The van der Waals surface area contributed by atoms with Gasteiger partial charge in [0.15, 0.2) is 11.5 Å². The number of nitriles is 2. The van der Waals surface area contributed by atoms with Crippen LogP contribution in [0.5, 0.6) is 0 Å². The monoisotopic (exact) mass is 231 g/mol. The molecule has 1 aromatic heterocycles. The van der Waals surface area contributed by atoms with E-state index >= 15 is 0 Å². The van der Waals surface area contributed by atoms with Crippen LogP contribution >= 0.6 is 0 Å². The summed E-state index contributed by atoms with van der Waals surface area (Å²) in [5, 5.41) is 24.3. The molecule has 17 heavy (non-hydrogen) atoms. The van der Waals surface area contributed by atoms with Crippen molar-refractivity contribution in [1.82, 2.24) is 15.1 Å². The molecule has 1 heterocycles. The third kappa shape index (κ3) is 3.12. The second-order valence-electron chi connectivity index (χ2n) is 2.93. The van der Waals surface area contributed by atoms with E-state index in [0.717, 1.165) is 4.90 Å². The zero-order chi connectivity index (χ0) is 12.7. The molecule has 0 aliphatic carbocycles. The highest BCUT2D eigenvalue weighted by Gasteiger charge is 2.16. The number of hydrogen-bond donors (Lipinski definition) is 2. The van der Waals surface area contributed by atoms with E-state index in [9.17, 15) is 4.79 Å². The Morgan fingerprint density at radius 3 is 2.41 bits per heavy atom. The van der Waals surface area contributed by atoms with Gasteiger partial charge >= 0.3 is 0 Å². The van der Waals surface area contributed by atoms with Gasteiger partial charge in [0.25, 0.3) is 5.91 Å². The molecule has 86 valence electrons. The molecule has 0 radical (unpaired) electrons. The van der Waals surface area contributed by atoms with Crippen LogP contribution in [-0.4, -0.2) is 34.1 Å². The van der Waals surface area contributed by atoms with Crippen LogP contribution < -0.4 is 11.3 Å². The van der Waals surface area contributed by atoms with Gasteiger partial charge in [-0.25, -0.2) is 5.84 Å². The average Bonchev–Trinajstić information content (AvgIpc) is 2.38. The lowest BCUT2D eigenvalue weighted by molar-refractivity contribution is 0.0788.